The highest BCUT2D eigenvalue weighted by atomic mass is 35.5. The molecule has 0 saturated heterocycles. The molecule has 23 heavy (non-hydrogen) atoms. The maximum Gasteiger partial charge on any atom is 0.230 e. The van der Waals surface area contributed by atoms with Gasteiger partial charge < -0.3 is 9.88 Å². The third-order valence-electron chi connectivity index (χ3n) is 3.71. The maximum absolute atomic E-state index is 12.3. The molecule has 0 radical (unpaired) electrons. The van der Waals surface area contributed by atoms with E-state index in [2.05, 4.69) is 25.6 Å². The van der Waals surface area contributed by atoms with E-state index in [9.17, 15) is 4.79 Å². The molecule has 1 amide bonds. The number of anilines is 1. The Bertz CT molecular complexity index is 851. The van der Waals surface area contributed by atoms with Gasteiger partial charge in [-0.3, -0.25) is 4.79 Å². The first-order valence-corrected chi connectivity index (χ1v) is 7.42. The number of carbonyl (C=O) groups excluding carboxylic acids is 1. The quantitative estimate of drug-likeness (QED) is 0.782. The fraction of sp³-hybridized carbons (Fsp3) is 0.214. The Morgan fingerprint density at radius 1 is 1.39 bits per heavy atom. The molecular weight excluding hydrogens is 318 g/mol. The van der Waals surface area contributed by atoms with Crippen LogP contribution in [0.4, 0.5) is 5.82 Å². The second-order valence-corrected chi connectivity index (χ2v) is 5.65. The van der Waals surface area contributed by atoms with Gasteiger partial charge in [-0.05, 0) is 12.1 Å². The van der Waals surface area contributed by atoms with Gasteiger partial charge in [0.1, 0.15) is 12.2 Å². The molecule has 116 valence electrons. The van der Waals surface area contributed by atoms with Gasteiger partial charge in [-0.2, -0.15) is 0 Å². The SMILES string of the molecule is O=C(Nc1ccn(-c2ncccc2Cl)n1)C1Cc2nncn2C1. The van der Waals surface area contributed by atoms with Gasteiger partial charge in [0.2, 0.25) is 5.91 Å². The largest absolute Gasteiger partial charge is 0.317 e. The van der Waals surface area contributed by atoms with Crippen molar-refractivity contribution in [1.82, 2.24) is 29.5 Å². The lowest BCUT2D eigenvalue weighted by Crippen LogP contribution is -2.24. The molecular formula is C14H12ClN7O. The van der Waals surface area contributed by atoms with Crippen molar-refractivity contribution in [1.29, 1.82) is 0 Å². The summed E-state index contributed by atoms with van der Waals surface area (Å²) in [5.74, 6) is 1.55. The fourth-order valence-electron chi connectivity index (χ4n) is 2.57. The first-order chi connectivity index (χ1) is 11.2. The van der Waals surface area contributed by atoms with E-state index in [0.29, 0.717) is 29.6 Å². The summed E-state index contributed by atoms with van der Waals surface area (Å²) in [5.41, 5.74) is 0. The van der Waals surface area contributed by atoms with Gasteiger partial charge in [-0.1, -0.05) is 11.6 Å². The van der Waals surface area contributed by atoms with Crippen molar-refractivity contribution in [2.45, 2.75) is 13.0 Å². The van der Waals surface area contributed by atoms with Crippen LogP contribution in [0.1, 0.15) is 5.82 Å². The fourth-order valence-corrected chi connectivity index (χ4v) is 2.78. The predicted molar refractivity (Wildman–Crippen MR) is 82.2 cm³/mol. The minimum absolute atomic E-state index is 0.0899. The zero-order valence-electron chi connectivity index (χ0n) is 11.9. The molecule has 1 aliphatic heterocycles. The molecule has 0 fully saturated rings. The number of amides is 1. The lowest BCUT2D eigenvalue weighted by Gasteiger charge is -2.08. The van der Waals surface area contributed by atoms with Crippen molar-refractivity contribution in [3.63, 3.8) is 0 Å². The van der Waals surface area contributed by atoms with Crippen LogP contribution >= 0.6 is 11.6 Å². The summed E-state index contributed by atoms with van der Waals surface area (Å²) in [6, 6.07) is 5.19. The minimum atomic E-state index is -0.163. The van der Waals surface area contributed by atoms with E-state index in [0.717, 1.165) is 5.82 Å². The van der Waals surface area contributed by atoms with E-state index >= 15 is 0 Å². The maximum atomic E-state index is 12.3. The Kier molecular flexibility index (Phi) is 3.30. The lowest BCUT2D eigenvalue weighted by molar-refractivity contribution is -0.119. The Morgan fingerprint density at radius 2 is 2.30 bits per heavy atom. The number of hydrogen-bond donors (Lipinski definition) is 1. The normalized spacial score (nSPS) is 16.3. The number of rotatable bonds is 3. The number of carbonyl (C=O) groups is 1. The second-order valence-electron chi connectivity index (χ2n) is 5.24. The summed E-state index contributed by atoms with van der Waals surface area (Å²) >= 11 is 6.09. The zero-order valence-corrected chi connectivity index (χ0v) is 12.7. The van der Waals surface area contributed by atoms with Crippen LogP contribution in [0, 0.1) is 5.92 Å². The van der Waals surface area contributed by atoms with Crippen molar-refractivity contribution in [2.24, 2.45) is 5.92 Å². The highest BCUT2D eigenvalue weighted by Gasteiger charge is 2.29. The number of hydrogen-bond acceptors (Lipinski definition) is 5. The summed E-state index contributed by atoms with van der Waals surface area (Å²) in [7, 11) is 0. The van der Waals surface area contributed by atoms with Crippen LogP contribution in [0.5, 0.6) is 0 Å². The average molecular weight is 330 g/mol. The molecule has 4 heterocycles. The number of aromatic nitrogens is 6. The molecule has 1 N–H and O–H groups in total. The molecule has 0 bridgehead atoms. The Hall–Kier alpha value is -2.74. The van der Waals surface area contributed by atoms with E-state index < -0.39 is 0 Å². The zero-order chi connectivity index (χ0) is 15.8. The summed E-state index contributed by atoms with van der Waals surface area (Å²) in [6.07, 6.45) is 5.56. The van der Waals surface area contributed by atoms with E-state index in [1.54, 1.807) is 36.9 Å². The highest BCUT2D eigenvalue weighted by molar-refractivity contribution is 6.32. The lowest BCUT2D eigenvalue weighted by atomic mass is 10.1. The second kappa shape index (κ2) is 5.47. The van der Waals surface area contributed by atoms with E-state index in [-0.39, 0.29) is 11.8 Å². The van der Waals surface area contributed by atoms with Crippen molar-refractivity contribution in [2.75, 3.05) is 5.32 Å². The van der Waals surface area contributed by atoms with Gasteiger partial charge >= 0.3 is 0 Å². The monoisotopic (exact) mass is 329 g/mol. The van der Waals surface area contributed by atoms with E-state index in [4.69, 9.17) is 11.6 Å². The topological polar surface area (TPSA) is 90.5 Å². The first kappa shape index (κ1) is 13.9. The molecule has 3 aromatic heterocycles. The van der Waals surface area contributed by atoms with Gasteiger partial charge in [0.05, 0.1) is 10.9 Å². The molecule has 0 saturated carbocycles. The van der Waals surface area contributed by atoms with Crippen LogP contribution < -0.4 is 5.32 Å². The molecule has 1 aliphatic rings. The standard InChI is InChI=1S/C14H12ClN7O/c15-10-2-1-4-16-13(10)22-5-3-11(20-22)18-14(23)9-6-12-19-17-8-21(12)7-9/h1-5,8-9H,6-7H2,(H,18,20,23). The smallest absolute Gasteiger partial charge is 0.230 e. The molecule has 4 rings (SSSR count). The predicted octanol–water partition coefficient (Wildman–Crippen LogP) is 1.32. The van der Waals surface area contributed by atoms with E-state index in [1.807, 2.05) is 4.57 Å². The van der Waals surface area contributed by atoms with E-state index in [1.165, 1.54) is 4.68 Å². The number of halogens is 1. The van der Waals surface area contributed by atoms with Crippen LogP contribution in [0.2, 0.25) is 5.02 Å². The molecule has 1 unspecified atom stereocenters. The molecule has 8 nitrogen and oxygen atoms in total. The molecule has 9 heteroatoms. The molecule has 1 atom stereocenters. The average Bonchev–Trinajstić information content (AvgIpc) is 3.22. The minimum Gasteiger partial charge on any atom is -0.317 e. The van der Waals surface area contributed by atoms with Gasteiger partial charge in [-0.15, -0.1) is 15.3 Å². The summed E-state index contributed by atoms with van der Waals surface area (Å²) in [5, 5.41) is 15.4. The van der Waals surface area contributed by atoms with Crippen molar-refractivity contribution >= 4 is 23.3 Å². The molecule has 0 aromatic carbocycles. The van der Waals surface area contributed by atoms with Gasteiger partial charge in [0.25, 0.3) is 0 Å². The Morgan fingerprint density at radius 3 is 3.13 bits per heavy atom. The number of nitrogens with zero attached hydrogens (tertiary/aromatic N) is 6. The number of pyridine rings is 1. The molecule has 3 aromatic rings. The van der Waals surface area contributed by atoms with Gasteiger partial charge in [-0.25, -0.2) is 9.67 Å². The van der Waals surface area contributed by atoms with Crippen LogP contribution in [0.15, 0.2) is 36.9 Å². The highest BCUT2D eigenvalue weighted by Crippen LogP contribution is 2.21. The van der Waals surface area contributed by atoms with Crippen molar-refractivity contribution < 1.29 is 4.79 Å². The third kappa shape index (κ3) is 2.57. The molecule has 0 aliphatic carbocycles. The Labute approximate surface area is 136 Å². The van der Waals surface area contributed by atoms with Crippen molar-refractivity contribution in [3.8, 4) is 5.82 Å². The number of fused-ring (bicyclic) bond motifs is 1. The summed E-state index contributed by atoms with van der Waals surface area (Å²) < 4.78 is 3.41. The van der Waals surface area contributed by atoms with Crippen LogP contribution in [-0.2, 0) is 17.8 Å². The first-order valence-electron chi connectivity index (χ1n) is 7.05. The Balaban J connectivity index is 1.47. The third-order valence-corrected chi connectivity index (χ3v) is 4.00. The van der Waals surface area contributed by atoms with Crippen LogP contribution in [-0.4, -0.2) is 35.4 Å². The van der Waals surface area contributed by atoms with Gasteiger partial charge in [0, 0.05) is 31.4 Å². The van der Waals surface area contributed by atoms with Crippen molar-refractivity contribution in [3.05, 3.63) is 47.8 Å². The van der Waals surface area contributed by atoms with Gasteiger partial charge in [0.15, 0.2) is 11.6 Å². The number of nitrogens with one attached hydrogen (secondary N) is 1. The van der Waals surface area contributed by atoms with Crippen LogP contribution in [0.25, 0.3) is 5.82 Å². The summed E-state index contributed by atoms with van der Waals surface area (Å²) in [4.78, 5) is 16.5. The van der Waals surface area contributed by atoms with Crippen LogP contribution in [0.3, 0.4) is 0 Å². The summed E-state index contributed by atoms with van der Waals surface area (Å²) in [6.45, 7) is 0.584. The molecule has 0 spiro atoms.